The van der Waals surface area contributed by atoms with Gasteiger partial charge < -0.3 is 5.11 Å². The van der Waals surface area contributed by atoms with E-state index in [2.05, 4.69) is 18.4 Å². The zero-order valence-electron chi connectivity index (χ0n) is 8.33. The molecule has 0 saturated heterocycles. The van der Waals surface area contributed by atoms with Crippen LogP contribution >= 0.6 is 0 Å². The molecule has 1 heteroatoms. The lowest BCUT2D eigenvalue weighted by atomic mass is 10.0. The van der Waals surface area contributed by atoms with E-state index < -0.39 is 6.10 Å². The van der Waals surface area contributed by atoms with Gasteiger partial charge in [0.05, 0.1) is 6.10 Å². The van der Waals surface area contributed by atoms with Crippen LogP contribution in [-0.2, 0) is 0 Å². The fraction of sp³-hybridized carbons (Fsp3) is 0.231. The Morgan fingerprint density at radius 1 is 1.50 bits per heavy atom. The van der Waals surface area contributed by atoms with Crippen molar-refractivity contribution in [2.45, 2.75) is 19.4 Å². The van der Waals surface area contributed by atoms with E-state index in [1.807, 2.05) is 31.2 Å². The lowest BCUT2D eigenvalue weighted by Gasteiger charge is -2.09. The first kappa shape index (κ1) is 10.6. The molecule has 0 saturated carbocycles. The predicted octanol–water partition coefficient (Wildman–Crippen LogP) is 2.61. The van der Waals surface area contributed by atoms with E-state index >= 15 is 0 Å². The van der Waals surface area contributed by atoms with Crippen LogP contribution in [0.3, 0.4) is 0 Å². The average molecular weight is 186 g/mol. The van der Waals surface area contributed by atoms with Gasteiger partial charge in [-0.2, -0.15) is 0 Å². The second-order valence-corrected chi connectivity index (χ2v) is 3.10. The molecule has 0 aliphatic carbocycles. The molecule has 1 aromatic carbocycles. The number of aliphatic hydroxyl groups excluding tert-OH is 1. The molecule has 1 atom stereocenters. The average Bonchev–Trinajstić information content (AvgIpc) is 2.18. The second-order valence-electron chi connectivity index (χ2n) is 3.10. The van der Waals surface area contributed by atoms with Crippen molar-refractivity contribution in [1.82, 2.24) is 0 Å². The quantitative estimate of drug-likeness (QED) is 0.704. The topological polar surface area (TPSA) is 20.2 Å². The van der Waals surface area contributed by atoms with Crippen LogP contribution < -0.4 is 0 Å². The molecule has 0 aromatic heterocycles. The minimum atomic E-state index is -0.497. The van der Waals surface area contributed by atoms with Gasteiger partial charge in [0, 0.05) is 6.42 Å². The van der Waals surface area contributed by atoms with Crippen LogP contribution in [-0.4, -0.2) is 5.11 Å². The van der Waals surface area contributed by atoms with E-state index in [0.717, 1.165) is 11.1 Å². The summed E-state index contributed by atoms with van der Waals surface area (Å²) in [4.78, 5) is 0. The molecule has 0 amide bonds. The fourth-order valence-corrected chi connectivity index (χ4v) is 1.30. The van der Waals surface area contributed by atoms with Gasteiger partial charge in [-0.1, -0.05) is 42.7 Å². The van der Waals surface area contributed by atoms with Crippen LogP contribution in [0.5, 0.6) is 0 Å². The number of allylic oxidation sites excluding steroid dienone is 1. The maximum Gasteiger partial charge on any atom is 0.0901 e. The Labute approximate surface area is 85.1 Å². The van der Waals surface area contributed by atoms with E-state index in [4.69, 9.17) is 0 Å². The smallest absolute Gasteiger partial charge is 0.0901 e. The molecule has 1 aromatic rings. The van der Waals surface area contributed by atoms with Crippen molar-refractivity contribution < 1.29 is 5.11 Å². The van der Waals surface area contributed by atoms with Crippen molar-refractivity contribution in [3.8, 4) is 11.8 Å². The number of aliphatic hydroxyl groups is 1. The molecule has 0 fully saturated rings. The highest BCUT2D eigenvalue weighted by molar-refractivity contribution is 5.28. The molecule has 1 N–H and O–H groups in total. The summed E-state index contributed by atoms with van der Waals surface area (Å²) in [5, 5.41) is 9.79. The molecule has 0 aliphatic heterocycles. The van der Waals surface area contributed by atoms with Gasteiger partial charge in [-0.05, 0) is 24.1 Å². The number of aryl methyl sites for hydroxylation is 1. The van der Waals surface area contributed by atoms with Gasteiger partial charge in [-0.15, -0.1) is 0 Å². The van der Waals surface area contributed by atoms with Gasteiger partial charge in [-0.3, -0.25) is 0 Å². The lowest BCUT2D eigenvalue weighted by molar-refractivity contribution is 0.183. The molecule has 1 unspecified atom stereocenters. The Morgan fingerprint density at radius 3 is 2.86 bits per heavy atom. The summed E-state index contributed by atoms with van der Waals surface area (Å²) < 4.78 is 0. The highest BCUT2D eigenvalue weighted by atomic mass is 16.3. The minimum Gasteiger partial charge on any atom is -0.387 e. The van der Waals surface area contributed by atoms with Gasteiger partial charge in [0.1, 0.15) is 0 Å². The third-order valence-electron chi connectivity index (χ3n) is 2.05. The molecule has 0 heterocycles. The Balaban J connectivity index is 2.74. The third-order valence-corrected chi connectivity index (χ3v) is 2.05. The molecular formula is C13H14O. The SMILES string of the molecule is C=CC#CCC(O)c1ccccc1C. The maximum absolute atomic E-state index is 9.79. The van der Waals surface area contributed by atoms with E-state index in [9.17, 15) is 5.11 Å². The summed E-state index contributed by atoms with van der Waals surface area (Å²) in [5.41, 5.74) is 2.05. The Hall–Kier alpha value is -1.52. The zero-order chi connectivity index (χ0) is 10.4. The highest BCUT2D eigenvalue weighted by Crippen LogP contribution is 2.19. The minimum absolute atomic E-state index is 0.455. The van der Waals surface area contributed by atoms with Crippen LogP contribution in [0.15, 0.2) is 36.9 Å². The molecule has 1 nitrogen and oxygen atoms in total. The van der Waals surface area contributed by atoms with Crippen LogP contribution in [0.4, 0.5) is 0 Å². The molecule has 0 spiro atoms. The Morgan fingerprint density at radius 2 is 2.21 bits per heavy atom. The monoisotopic (exact) mass is 186 g/mol. The number of hydrogen-bond acceptors (Lipinski definition) is 1. The summed E-state index contributed by atoms with van der Waals surface area (Å²) >= 11 is 0. The summed E-state index contributed by atoms with van der Waals surface area (Å²) in [7, 11) is 0. The molecule has 1 rings (SSSR count). The van der Waals surface area contributed by atoms with Crippen molar-refractivity contribution in [1.29, 1.82) is 0 Å². The van der Waals surface area contributed by atoms with Gasteiger partial charge in [0.25, 0.3) is 0 Å². The lowest BCUT2D eigenvalue weighted by Crippen LogP contribution is -1.98. The van der Waals surface area contributed by atoms with Gasteiger partial charge in [0.15, 0.2) is 0 Å². The van der Waals surface area contributed by atoms with Crippen molar-refractivity contribution in [2.24, 2.45) is 0 Å². The van der Waals surface area contributed by atoms with Gasteiger partial charge in [0.2, 0.25) is 0 Å². The Bertz CT molecular complexity index is 368. The molecule has 72 valence electrons. The molecule has 0 radical (unpaired) electrons. The van der Waals surface area contributed by atoms with Crippen molar-refractivity contribution in [3.63, 3.8) is 0 Å². The summed E-state index contributed by atoms with van der Waals surface area (Å²) in [5.74, 6) is 5.56. The van der Waals surface area contributed by atoms with E-state index in [1.165, 1.54) is 6.08 Å². The predicted molar refractivity (Wildman–Crippen MR) is 58.7 cm³/mol. The summed E-state index contributed by atoms with van der Waals surface area (Å²) in [6, 6.07) is 7.79. The summed E-state index contributed by atoms with van der Waals surface area (Å²) in [6.45, 7) is 5.48. The third kappa shape index (κ3) is 2.76. The van der Waals surface area contributed by atoms with Crippen LogP contribution in [0.1, 0.15) is 23.7 Å². The van der Waals surface area contributed by atoms with E-state index in [0.29, 0.717) is 6.42 Å². The molecular weight excluding hydrogens is 172 g/mol. The first-order chi connectivity index (χ1) is 6.75. The molecule has 0 bridgehead atoms. The standard InChI is InChI=1S/C13H14O/c1-3-4-5-10-13(14)12-9-7-6-8-11(12)2/h3,6-9,13-14H,1,10H2,2H3. The normalized spacial score (nSPS) is 11.3. The number of benzene rings is 1. The van der Waals surface area contributed by atoms with Gasteiger partial charge in [-0.25, -0.2) is 0 Å². The fourth-order valence-electron chi connectivity index (χ4n) is 1.30. The van der Waals surface area contributed by atoms with Gasteiger partial charge >= 0.3 is 0 Å². The first-order valence-electron chi connectivity index (χ1n) is 4.58. The second kappa shape index (κ2) is 5.26. The number of hydrogen-bond donors (Lipinski definition) is 1. The van der Waals surface area contributed by atoms with Crippen LogP contribution in [0.25, 0.3) is 0 Å². The van der Waals surface area contributed by atoms with Crippen LogP contribution in [0.2, 0.25) is 0 Å². The summed E-state index contributed by atoms with van der Waals surface area (Å²) in [6.07, 6.45) is 1.49. The molecule has 0 aliphatic rings. The number of rotatable bonds is 2. The molecule has 14 heavy (non-hydrogen) atoms. The van der Waals surface area contributed by atoms with Crippen molar-refractivity contribution in [3.05, 3.63) is 48.0 Å². The van der Waals surface area contributed by atoms with Crippen molar-refractivity contribution in [2.75, 3.05) is 0 Å². The Kier molecular flexibility index (Phi) is 3.97. The zero-order valence-corrected chi connectivity index (χ0v) is 8.33. The van der Waals surface area contributed by atoms with E-state index in [-0.39, 0.29) is 0 Å². The maximum atomic E-state index is 9.79. The van der Waals surface area contributed by atoms with E-state index in [1.54, 1.807) is 0 Å². The largest absolute Gasteiger partial charge is 0.387 e. The first-order valence-corrected chi connectivity index (χ1v) is 4.58. The van der Waals surface area contributed by atoms with Crippen molar-refractivity contribution >= 4 is 0 Å². The van der Waals surface area contributed by atoms with Crippen LogP contribution in [0, 0.1) is 18.8 Å². The highest BCUT2D eigenvalue weighted by Gasteiger charge is 2.07.